The van der Waals surface area contributed by atoms with Gasteiger partial charge in [0, 0.05) is 31.0 Å². The van der Waals surface area contributed by atoms with Crippen molar-refractivity contribution in [1.29, 1.82) is 0 Å². The lowest BCUT2D eigenvalue weighted by Gasteiger charge is -2.27. The van der Waals surface area contributed by atoms with E-state index in [2.05, 4.69) is 4.98 Å². The third-order valence-corrected chi connectivity index (χ3v) is 2.86. The van der Waals surface area contributed by atoms with Crippen molar-refractivity contribution in [3.05, 3.63) is 30.1 Å². The lowest BCUT2D eigenvalue weighted by Crippen LogP contribution is -2.40. The predicted molar refractivity (Wildman–Crippen MR) is 59.5 cm³/mol. The third kappa shape index (κ3) is 3.01. The van der Waals surface area contributed by atoms with Gasteiger partial charge in [-0.2, -0.15) is 0 Å². The van der Waals surface area contributed by atoms with Crippen LogP contribution in [-0.2, 0) is 11.2 Å². The second kappa shape index (κ2) is 5.24. The van der Waals surface area contributed by atoms with Gasteiger partial charge in [-0.15, -0.1) is 0 Å². The average molecular weight is 206 g/mol. The molecule has 2 N–H and O–H groups in total. The molecule has 2 atom stereocenters. The molecule has 0 amide bonds. The van der Waals surface area contributed by atoms with E-state index in [0.29, 0.717) is 0 Å². The summed E-state index contributed by atoms with van der Waals surface area (Å²) in [5.74, 6) is 0. The van der Waals surface area contributed by atoms with Crippen molar-refractivity contribution in [2.75, 3.05) is 6.61 Å². The molecule has 0 radical (unpaired) electrons. The maximum atomic E-state index is 6.12. The molecule has 3 heteroatoms. The molecule has 1 saturated heterocycles. The number of hydrogen-bond donors (Lipinski definition) is 1. The first-order valence-corrected chi connectivity index (χ1v) is 5.63. The number of hydrogen-bond acceptors (Lipinski definition) is 3. The van der Waals surface area contributed by atoms with Gasteiger partial charge in [-0.05, 0) is 31.4 Å². The monoisotopic (exact) mass is 206 g/mol. The van der Waals surface area contributed by atoms with Crippen LogP contribution in [0.25, 0.3) is 0 Å². The summed E-state index contributed by atoms with van der Waals surface area (Å²) >= 11 is 0. The molecule has 3 nitrogen and oxygen atoms in total. The fraction of sp³-hybridized carbons (Fsp3) is 0.583. The van der Waals surface area contributed by atoms with Crippen LogP contribution in [0.2, 0.25) is 0 Å². The number of ether oxygens (including phenoxy) is 1. The van der Waals surface area contributed by atoms with E-state index in [1.807, 2.05) is 24.4 Å². The zero-order chi connectivity index (χ0) is 10.5. The van der Waals surface area contributed by atoms with Gasteiger partial charge in [0.25, 0.3) is 0 Å². The lowest BCUT2D eigenvalue weighted by molar-refractivity contribution is 0.000471. The van der Waals surface area contributed by atoms with Gasteiger partial charge in [-0.1, -0.05) is 6.07 Å². The van der Waals surface area contributed by atoms with E-state index >= 15 is 0 Å². The van der Waals surface area contributed by atoms with Gasteiger partial charge in [0.2, 0.25) is 0 Å². The predicted octanol–water partition coefficient (Wildman–Crippen LogP) is 1.52. The van der Waals surface area contributed by atoms with Crippen molar-refractivity contribution in [3.63, 3.8) is 0 Å². The zero-order valence-electron chi connectivity index (χ0n) is 8.93. The van der Waals surface area contributed by atoms with Gasteiger partial charge in [0.1, 0.15) is 0 Å². The molecule has 15 heavy (non-hydrogen) atoms. The summed E-state index contributed by atoms with van der Waals surface area (Å²) in [6.07, 6.45) is 6.34. The van der Waals surface area contributed by atoms with Crippen LogP contribution in [0.5, 0.6) is 0 Å². The second-order valence-corrected chi connectivity index (χ2v) is 4.09. The summed E-state index contributed by atoms with van der Waals surface area (Å²) in [7, 11) is 0. The second-order valence-electron chi connectivity index (χ2n) is 4.09. The molecule has 1 aliphatic rings. The quantitative estimate of drug-likeness (QED) is 0.815. The maximum absolute atomic E-state index is 6.12. The van der Waals surface area contributed by atoms with Crippen LogP contribution < -0.4 is 5.73 Å². The van der Waals surface area contributed by atoms with E-state index in [0.717, 1.165) is 25.1 Å². The minimum atomic E-state index is 0.0835. The highest BCUT2D eigenvalue weighted by Crippen LogP contribution is 2.16. The van der Waals surface area contributed by atoms with Crippen LogP contribution in [0.4, 0.5) is 0 Å². The zero-order valence-corrected chi connectivity index (χ0v) is 8.93. The molecule has 1 aromatic heterocycles. The summed E-state index contributed by atoms with van der Waals surface area (Å²) in [5, 5.41) is 0. The summed E-state index contributed by atoms with van der Waals surface area (Å²) in [6.45, 7) is 0.862. The Balaban J connectivity index is 1.88. The smallest absolute Gasteiger partial charge is 0.0729 e. The fourth-order valence-electron chi connectivity index (χ4n) is 2.00. The molecule has 0 spiro atoms. The van der Waals surface area contributed by atoms with Gasteiger partial charge in [-0.3, -0.25) is 4.98 Å². The van der Waals surface area contributed by atoms with Crippen LogP contribution >= 0.6 is 0 Å². The van der Waals surface area contributed by atoms with Crippen molar-refractivity contribution in [2.24, 2.45) is 5.73 Å². The Kier molecular flexibility index (Phi) is 3.69. The van der Waals surface area contributed by atoms with E-state index in [1.165, 1.54) is 12.8 Å². The summed E-state index contributed by atoms with van der Waals surface area (Å²) < 4.78 is 5.66. The number of pyridine rings is 1. The molecule has 1 fully saturated rings. The molecular weight excluding hydrogens is 188 g/mol. The van der Waals surface area contributed by atoms with Crippen molar-refractivity contribution < 1.29 is 4.74 Å². The first-order chi connectivity index (χ1) is 7.36. The highest BCUT2D eigenvalue weighted by atomic mass is 16.5. The fourth-order valence-corrected chi connectivity index (χ4v) is 2.00. The van der Waals surface area contributed by atoms with E-state index in [9.17, 15) is 0 Å². The summed E-state index contributed by atoms with van der Waals surface area (Å²) in [5.41, 5.74) is 7.17. The van der Waals surface area contributed by atoms with Crippen molar-refractivity contribution >= 4 is 0 Å². The maximum Gasteiger partial charge on any atom is 0.0729 e. The van der Waals surface area contributed by atoms with Crippen LogP contribution in [0.1, 0.15) is 25.0 Å². The standard InChI is InChI=1S/C12H18N2O/c13-11(12-6-2-4-8-15-12)9-10-5-1-3-7-14-10/h1,3,5,7,11-12H,2,4,6,8-9,13H2. The molecule has 2 heterocycles. The SMILES string of the molecule is NC(Cc1ccccn1)C1CCCCO1. The molecule has 0 saturated carbocycles. The highest BCUT2D eigenvalue weighted by Gasteiger charge is 2.21. The van der Waals surface area contributed by atoms with Gasteiger partial charge in [0.05, 0.1) is 6.10 Å². The molecule has 0 aromatic carbocycles. The number of nitrogens with zero attached hydrogens (tertiary/aromatic N) is 1. The van der Waals surface area contributed by atoms with E-state index in [-0.39, 0.29) is 12.1 Å². The first-order valence-electron chi connectivity index (χ1n) is 5.63. The van der Waals surface area contributed by atoms with Crippen LogP contribution in [-0.4, -0.2) is 23.7 Å². The van der Waals surface area contributed by atoms with E-state index < -0.39 is 0 Å². The Morgan fingerprint density at radius 2 is 2.40 bits per heavy atom. The molecule has 1 aliphatic heterocycles. The van der Waals surface area contributed by atoms with Crippen molar-refractivity contribution in [2.45, 2.75) is 37.8 Å². The van der Waals surface area contributed by atoms with Crippen molar-refractivity contribution in [3.8, 4) is 0 Å². The molecule has 1 aromatic rings. The minimum Gasteiger partial charge on any atom is -0.377 e. The van der Waals surface area contributed by atoms with Gasteiger partial charge < -0.3 is 10.5 Å². The summed E-state index contributed by atoms with van der Waals surface area (Å²) in [4.78, 5) is 4.28. The molecule has 82 valence electrons. The molecule has 0 bridgehead atoms. The van der Waals surface area contributed by atoms with Crippen LogP contribution in [0.3, 0.4) is 0 Å². The minimum absolute atomic E-state index is 0.0835. The topological polar surface area (TPSA) is 48.1 Å². The molecule has 2 unspecified atom stereocenters. The largest absolute Gasteiger partial charge is 0.377 e. The van der Waals surface area contributed by atoms with Crippen LogP contribution in [0, 0.1) is 0 Å². The van der Waals surface area contributed by atoms with Crippen molar-refractivity contribution in [1.82, 2.24) is 4.98 Å². The number of aromatic nitrogens is 1. The lowest BCUT2D eigenvalue weighted by atomic mass is 9.99. The Labute approximate surface area is 90.7 Å². The normalized spacial score (nSPS) is 23.7. The highest BCUT2D eigenvalue weighted by molar-refractivity contribution is 5.05. The Morgan fingerprint density at radius 1 is 1.47 bits per heavy atom. The molecule has 0 aliphatic carbocycles. The van der Waals surface area contributed by atoms with Gasteiger partial charge in [0.15, 0.2) is 0 Å². The Hall–Kier alpha value is -0.930. The number of nitrogens with two attached hydrogens (primary N) is 1. The van der Waals surface area contributed by atoms with E-state index in [1.54, 1.807) is 0 Å². The summed E-state index contributed by atoms with van der Waals surface area (Å²) in [6, 6.07) is 6.02. The molecule has 2 rings (SSSR count). The van der Waals surface area contributed by atoms with Crippen LogP contribution in [0.15, 0.2) is 24.4 Å². The van der Waals surface area contributed by atoms with Gasteiger partial charge >= 0.3 is 0 Å². The van der Waals surface area contributed by atoms with E-state index in [4.69, 9.17) is 10.5 Å². The first kappa shape index (κ1) is 10.6. The van der Waals surface area contributed by atoms with Gasteiger partial charge in [-0.25, -0.2) is 0 Å². The third-order valence-electron chi connectivity index (χ3n) is 2.86. The molecular formula is C12H18N2O. The average Bonchev–Trinajstić information content (AvgIpc) is 2.31. The Morgan fingerprint density at radius 3 is 3.07 bits per heavy atom. The Bertz CT molecular complexity index is 283. The number of rotatable bonds is 3.